The number of methoxy groups -OCH3 is 3. The molecule has 0 bridgehead atoms. The topological polar surface area (TPSA) is 63.7 Å². The summed E-state index contributed by atoms with van der Waals surface area (Å²) in [5.74, 6) is 2.99. The molecule has 44 heavy (non-hydrogen) atoms. The van der Waals surface area contributed by atoms with Gasteiger partial charge in [0.05, 0.1) is 27.9 Å². The quantitative estimate of drug-likeness (QED) is 0.236. The highest BCUT2D eigenvalue weighted by Crippen LogP contribution is 2.52. The van der Waals surface area contributed by atoms with E-state index in [2.05, 4.69) is 35.8 Å². The number of carbonyl (C=O) groups is 1. The minimum atomic E-state index is -0.760. The molecule has 2 heterocycles. The normalized spacial score (nSPS) is 18.9. The van der Waals surface area contributed by atoms with Gasteiger partial charge in [-0.15, -0.1) is 0 Å². The summed E-state index contributed by atoms with van der Waals surface area (Å²) in [6, 6.07) is 20.3. The van der Waals surface area contributed by atoms with Crippen LogP contribution in [0, 0.1) is 5.92 Å². The van der Waals surface area contributed by atoms with Crippen LogP contribution in [0.25, 0.3) is 0 Å². The van der Waals surface area contributed by atoms with Crippen LogP contribution in [0.5, 0.6) is 23.0 Å². The van der Waals surface area contributed by atoms with Crippen molar-refractivity contribution in [3.05, 3.63) is 77.4 Å². The number of hydrogen-bond acceptors (Lipinski definition) is 7. The number of ether oxygens (including phenoxy) is 4. The number of piperazine rings is 1. The number of likely N-dealkylation sites (N-methyl/N-ethyl adjacent to an activating group) is 1. The van der Waals surface area contributed by atoms with Crippen LogP contribution in [0.1, 0.15) is 43.4 Å². The summed E-state index contributed by atoms with van der Waals surface area (Å²) in [7, 11) is 6.81. The second-order valence-electron chi connectivity index (χ2n) is 12.0. The molecule has 1 amide bonds. The molecule has 3 aromatic rings. The average molecular weight is 602 g/mol. The molecule has 1 fully saturated rings. The molecule has 0 spiro atoms. The van der Waals surface area contributed by atoms with Crippen molar-refractivity contribution in [2.75, 3.05) is 72.6 Å². The molecular formula is C36H47N3O5. The van der Waals surface area contributed by atoms with Gasteiger partial charge in [0.2, 0.25) is 11.7 Å². The van der Waals surface area contributed by atoms with Crippen LogP contribution in [0.3, 0.4) is 0 Å². The lowest BCUT2D eigenvalue weighted by Crippen LogP contribution is -2.46. The van der Waals surface area contributed by atoms with E-state index in [1.807, 2.05) is 55.6 Å². The molecule has 8 heteroatoms. The van der Waals surface area contributed by atoms with Gasteiger partial charge in [-0.1, -0.05) is 50.2 Å². The first-order valence-electron chi connectivity index (χ1n) is 15.7. The third-order valence-corrected chi connectivity index (χ3v) is 9.23. The van der Waals surface area contributed by atoms with Crippen molar-refractivity contribution < 1.29 is 23.7 Å². The Kier molecular flexibility index (Phi) is 10.0. The number of para-hydroxylation sites is 2. The highest BCUT2D eigenvalue weighted by atomic mass is 16.5. The van der Waals surface area contributed by atoms with Crippen LogP contribution >= 0.6 is 0 Å². The zero-order valence-electron chi connectivity index (χ0n) is 27.1. The van der Waals surface area contributed by atoms with Gasteiger partial charge in [0.25, 0.3) is 0 Å². The van der Waals surface area contributed by atoms with E-state index in [9.17, 15) is 4.79 Å². The Morgan fingerprint density at radius 3 is 2.02 bits per heavy atom. The van der Waals surface area contributed by atoms with Crippen molar-refractivity contribution in [2.45, 2.75) is 38.6 Å². The van der Waals surface area contributed by atoms with Gasteiger partial charge < -0.3 is 28.7 Å². The first-order valence-corrected chi connectivity index (χ1v) is 15.7. The van der Waals surface area contributed by atoms with Crippen LogP contribution in [0.2, 0.25) is 0 Å². The van der Waals surface area contributed by atoms with E-state index >= 15 is 0 Å². The zero-order valence-corrected chi connectivity index (χ0v) is 27.1. The summed E-state index contributed by atoms with van der Waals surface area (Å²) in [6.45, 7) is 10.9. The van der Waals surface area contributed by atoms with Crippen molar-refractivity contribution in [3.63, 3.8) is 0 Å². The number of amides is 1. The van der Waals surface area contributed by atoms with Crippen molar-refractivity contribution in [1.29, 1.82) is 0 Å². The fraction of sp³-hybridized carbons (Fsp3) is 0.472. The summed E-state index contributed by atoms with van der Waals surface area (Å²) < 4.78 is 22.9. The summed E-state index contributed by atoms with van der Waals surface area (Å²) in [6.07, 6.45) is 2.02. The third-order valence-electron chi connectivity index (χ3n) is 9.23. The van der Waals surface area contributed by atoms with E-state index in [0.29, 0.717) is 23.9 Å². The van der Waals surface area contributed by atoms with Gasteiger partial charge in [-0.25, -0.2) is 0 Å². The lowest BCUT2D eigenvalue weighted by Gasteiger charge is -2.35. The Labute approximate surface area is 262 Å². The highest BCUT2D eigenvalue weighted by Gasteiger charge is 2.54. The van der Waals surface area contributed by atoms with Gasteiger partial charge in [0.1, 0.15) is 11.2 Å². The molecule has 0 aliphatic carbocycles. The number of fused-ring (bicyclic) bond motifs is 1. The van der Waals surface area contributed by atoms with Crippen LogP contribution < -0.4 is 23.8 Å². The number of hydrogen-bond donors (Lipinski definition) is 0. The lowest BCUT2D eigenvalue weighted by molar-refractivity contribution is -0.122. The van der Waals surface area contributed by atoms with E-state index in [1.54, 1.807) is 26.2 Å². The fourth-order valence-corrected chi connectivity index (χ4v) is 6.91. The highest BCUT2D eigenvalue weighted by molar-refractivity contribution is 6.10. The maximum atomic E-state index is 13.9. The van der Waals surface area contributed by atoms with Crippen LogP contribution in [0.15, 0.2) is 60.7 Å². The number of nitrogens with zero attached hydrogens (tertiary/aromatic N) is 3. The maximum Gasteiger partial charge on any atom is 0.242 e. The number of carbonyl (C=O) groups excluding carboxylic acids is 1. The fourth-order valence-electron chi connectivity index (χ4n) is 6.91. The van der Waals surface area contributed by atoms with E-state index in [-0.39, 0.29) is 11.8 Å². The average Bonchev–Trinajstić information content (AvgIpc) is 3.28. The second-order valence-corrected chi connectivity index (χ2v) is 12.0. The maximum absolute atomic E-state index is 13.9. The molecule has 5 rings (SSSR count). The molecule has 236 valence electrons. The Hall–Kier alpha value is -3.75. The molecule has 1 atom stereocenters. The van der Waals surface area contributed by atoms with Crippen molar-refractivity contribution in [2.24, 2.45) is 5.92 Å². The molecule has 0 saturated carbocycles. The zero-order chi connectivity index (χ0) is 31.3. The summed E-state index contributed by atoms with van der Waals surface area (Å²) in [5, 5.41) is 0. The summed E-state index contributed by atoms with van der Waals surface area (Å²) in [4.78, 5) is 20.7. The van der Waals surface area contributed by atoms with Gasteiger partial charge in [-0.05, 0) is 60.7 Å². The molecule has 0 aromatic heterocycles. The van der Waals surface area contributed by atoms with Crippen LogP contribution in [-0.4, -0.2) is 83.4 Å². The standard InChI is InChI=1S/C36H47N3O5/c1-26(2)36(28-13-7-9-15-30(28)37(3)35(36)40)29-14-8-10-16-31(29)44-22-12-11-17-38-18-20-39(21-19-38)25-27-23-32(41-4)34(43-6)33(24-27)42-5/h7-10,13-16,23-24,26H,11-12,17-22,25H2,1-6H3. The van der Waals surface area contributed by atoms with Gasteiger partial charge in [-0.3, -0.25) is 9.69 Å². The van der Waals surface area contributed by atoms with Gasteiger partial charge in [0.15, 0.2) is 11.5 Å². The number of rotatable bonds is 13. The van der Waals surface area contributed by atoms with E-state index < -0.39 is 5.41 Å². The molecular weight excluding hydrogens is 554 g/mol. The Morgan fingerprint density at radius 2 is 1.39 bits per heavy atom. The molecule has 0 radical (unpaired) electrons. The number of benzene rings is 3. The molecule has 8 nitrogen and oxygen atoms in total. The molecule has 0 N–H and O–H groups in total. The van der Waals surface area contributed by atoms with E-state index in [4.69, 9.17) is 18.9 Å². The van der Waals surface area contributed by atoms with Gasteiger partial charge in [-0.2, -0.15) is 0 Å². The summed E-state index contributed by atoms with van der Waals surface area (Å²) in [5.41, 5.74) is 3.38. The van der Waals surface area contributed by atoms with Gasteiger partial charge in [0, 0.05) is 51.0 Å². The van der Waals surface area contributed by atoms with Crippen LogP contribution in [-0.2, 0) is 16.8 Å². The molecule has 3 aromatic carbocycles. The predicted octanol–water partition coefficient (Wildman–Crippen LogP) is 5.61. The van der Waals surface area contributed by atoms with Crippen LogP contribution in [0.4, 0.5) is 5.69 Å². The lowest BCUT2D eigenvalue weighted by atomic mass is 9.67. The van der Waals surface area contributed by atoms with Crippen molar-refractivity contribution in [3.8, 4) is 23.0 Å². The first kappa shape index (κ1) is 31.7. The van der Waals surface area contributed by atoms with Gasteiger partial charge >= 0.3 is 0 Å². The smallest absolute Gasteiger partial charge is 0.242 e. The second kappa shape index (κ2) is 13.9. The number of anilines is 1. The van der Waals surface area contributed by atoms with Crippen molar-refractivity contribution in [1.82, 2.24) is 9.80 Å². The predicted molar refractivity (Wildman–Crippen MR) is 174 cm³/mol. The monoisotopic (exact) mass is 601 g/mol. The molecule has 1 saturated heterocycles. The Balaban J connectivity index is 1.13. The third kappa shape index (κ3) is 5.97. The molecule has 2 aliphatic rings. The Morgan fingerprint density at radius 1 is 0.773 bits per heavy atom. The first-order chi connectivity index (χ1) is 21.3. The number of unbranched alkanes of at least 4 members (excludes halogenated alkanes) is 1. The largest absolute Gasteiger partial charge is 0.493 e. The minimum Gasteiger partial charge on any atom is -0.493 e. The minimum absolute atomic E-state index is 0.0679. The van der Waals surface area contributed by atoms with Crippen molar-refractivity contribution >= 4 is 11.6 Å². The SMILES string of the molecule is COc1cc(CN2CCN(CCCCOc3ccccc3C3(C(C)C)C(=O)N(C)c4ccccc43)CC2)cc(OC)c1OC. The Bertz CT molecular complexity index is 1410. The van der Waals surface area contributed by atoms with E-state index in [0.717, 1.165) is 80.2 Å². The molecule has 2 aliphatic heterocycles. The summed E-state index contributed by atoms with van der Waals surface area (Å²) >= 11 is 0. The molecule has 1 unspecified atom stereocenters. The van der Waals surface area contributed by atoms with E-state index in [1.165, 1.54) is 0 Å².